The number of benzene rings is 2. The van der Waals surface area contributed by atoms with E-state index >= 15 is 0 Å². The van der Waals surface area contributed by atoms with Crippen molar-refractivity contribution in [2.75, 3.05) is 6.54 Å². The third-order valence-electron chi connectivity index (χ3n) is 4.47. The molecule has 5 nitrogen and oxygen atoms in total. The monoisotopic (exact) mass is 326 g/mol. The Morgan fingerprint density at radius 2 is 1.92 bits per heavy atom. The van der Waals surface area contributed by atoms with Crippen LogP contribution in [0.4, 0.5) is 4.79 Å². The molecule has 24 heavy (non-hydrogen) atoms. The van der Waals surface area contributed by atoms with Gasteiger partial charge in [0.25, 0.3) is 0 Å². The van der Waals surface area contributed by atoms with Crippen LogP contribution in [0.15, 0.2) is 54.6 Å². The molecule has 0 aliphatic carbocycles. The molecule has 5 heteroatoms. The van der Waals surface area contributed by atoms with Crippen LogP contribution >= 0.6 is 0 Å². The Hall–Kier alpha value is -2.53. The van der Waals surface area contributed by atoms with Crippen LogP contribution in [-0.4, -0.2) is 28.7 Å². The zero-order valence-electron chi connectivity index (χ0n) is 13.5. The van der Waals surface area contributed by atoms with Gasteiger partial charge in [0, 0.05) is 6.54 Å². The summed E-state index contributed by atoms with van der Waals surface area (Å²) < 4.78 is 5.77. The highest BCUT2D eigenvalue weighted by Crippen LogP contribution is 2.28. The van der Waals surface area contributed by atoms with Crippen LogP contribution in [0.3, 0.4) is 0 Å². The summed E-state index contributed by atoms with van der Waals surface area (Å²) in [6.45, 7) is 1.08. The van der Waals surface area contributed by atoms with Crippen LogP contribution < -0.4 is 10.5 Å². The molecule has 1 heterocycles. The fourth-order valence-electron chi connectivity index (χ4n) is 3.15. The minimum absolute atomic E-state index is 0.154. The number of carbonyl (C=O) groups is 1. The van der Waals surface area contributed by atoms with E-state index in [0.29, 0.717) is 13.2 Å². The minimum Gasteiger partial charge on any atom is -0.489 e. The summed E-state index contributed by atoms with van der Waals surface area (Å²) in [4.78, 5) is 12.7. The second-order valence-electron chi connectivity index (χ2n) is 6.05. The van der Waals surface area contributed by atoms with Gasteiger partial charge in [0.1, 0.15) is 12.4 Å². The predicted octanol–water partition coefficient (Wildman–Crippen LogP) is 3.41. The minimum atomic E-state index is -0.893. The van der Waals surface area contributed by atoms with Crippen LogP contribution in [0.1, 0.15) is 30.0 Å². The first-order valence-electron chi connectivity index (χ1n) is 8.17. The number of rotatable bonds is 5. The molecule has 2 atom stereocenters. The zero-order chi connectivity index (χ0) is 16.9. The third-order valence-corrected chi connectivity index (χ3v) is 4.47. The Morgan fingerprint density at radius 1 is 1.21 bits per heavy atom. The highest BCUT2D eigenvalue weighted by atomic mass is 16.5. The molecule has 0 radical (unpaired) electrons. The van der Waals surface area contributed by atoms with Crippen LogP contribution in [0.25, 0.3) is 0 Å². The number of carboxylic acid groups (broad SMARTS) is 1. The molecule has 0 saturated carbocycles. The lowest BCUT2D eigenvalue weighted by Gasteiger charge is -2.27. The van der Waals surface area contributed by atoms with Gasteiger partial charge >= 0.3 is 6.09 Å². The average Bonchev–Trinajstić information content (AvgIpc) is 3.11. The fourth-order valence-corrected chi connectivity index (χ4v) is 3.15. The molecule has 126 valence electrons. The van der Waals surface area contributed by atoms with E-state index in [1.165, 1.54) is 4.90 Å². The van der Waals surface area contributed by atoms with E-state index in [4.69, 9.17) is 10.5 Å². The lowest BCUT2D eigenvalue weighted by Crippen LogP contribution is -2.41. The van der Waals surface area contributed by atoms with Crippen molar-refractivity contribution in [1.29, 1.82) is 0 Å². The van der Waals surface area contributed by atoms with E-state index in [0.717, 1.165) is 29.7 Å². The van der Waals surface area contributed by atoms with Crippen LogP contribution in [0.2, 0.25) is 0 Å². The first-order chi connectivity index (χ1) is 11.6. The van der Waals surface area contributed by atoms with Gasteiger partial charge < -0.3 is 20.5 Å². The van der Waals surface area contributed by atoms with Crippen molar-refractivity contribution in [1.82, 2.24) is 4.90 Å². The van der Waals surface area contributed by atoms with Crippen LogP contribution in [-0.2, 0) is 6.61 Å². The standard InChI is InChI=1S/C19H22N2O3/c20-18(17-7-4-12-21(17)19(22)23)15-8-10-16(11-9-15)24-13-14-5-2-1-3-6-14/h1-3,5-6,8-11,17-18H,4,7,12-13,20H2,(H,22,23). The number of nitrogens with two attached hydrogens (primary N) is 1. The van der Waals surface area contributed by atoms with E-state index in [-0.39, 0.29) is 12.1 Å². The molecular weight excluding hydrogens is 304 g/mol. The summed E-state index contributed by atoms with van der Waals surface area (Å²) in [6, 6.07) is 17.1. The summed E-state index contributed by atoms with van der Waals surface area (Å²) in [5.41, 5.74) is 8.34. The van der Waals surface area contributed by atoms with E-state index in [1.54, 1.807) is 0 Å². The quantitative estimate of drug-likeness (QED) is 0.883. The van der Waals surface area contributed by atoms with Crippen molar-refractivity contribution in [2.24, 2.45) is 5.73 Å². The zero-order valence-corrected chi connectivity index (χ0v) is 13.5. The van der Waals surface area contributed by atoms with Gasteiger partial charge in [0.05, 0.1) is 12.1 Å². The number of hydrogen-bond donors (Lipinski definition) is 2. The van der Waals surface area contributed by atoms with E-state index in [1.807, 2.05) is 54.6 Å². The first-order valence-corrected chi connectivity index (χ1v) is 8.17. The Kier molecular flexibility index (Phi) is 5.01. The Bertz CT molecular complexity index is 673. The Morgan fingerprint density at radius 3 is 2.58 bits per heavy atom. The van der Waals surface area contributed by atoms with Gasteiger partial charge in [-0.05, 0) is 36.1 Å². The molecule has 2 unspecified atom stereocenters. The molecule has 3 rings (SSSR count). The van der Waals surface area contributed by atoms with E-state index in [9.17, 15) is 9.90 Å². The highest BCUT2D eigenvalue weighted by molar-refractivity contribution is 5.66. The molecule has 1 aliphatic heterocycles. The summed E-state index contributed by atoms with van der Waals surface area (Å²) in [7, 11) is 0. The topological polar surface area (TPSA) is 75.8 Å². The molecule has 0 aromatic heterocycles. The van der Waals surface area contributed by atoms with Crippen molar-refractivity contribution >= 4 is 6.09 Å². The number of amides is 1. The molecule has 2 aromatic rings. The Labute approximate surface area is 141 Å². The van der Waals surface area contributed by atoms with E-state index < -0.39 is 6.09 Å². The fraction of sp³-hybridized carbons (Fsp3) is 0.316. The normalized spacial score (nSPS) is 18.4. The third kappa shape index (κ3) is 3.68. The van der Waals surface area contributed by atoms with Gasteiger partial charge in [-0.3, -0.25) is 0 Å². The van der Waals surface area contributed by atoms with Crippen molar-refractivity contribution in [3.8, 4) is 5.75 Å². The molecule has 1 saturated heterocycles. The lowest BCUT2D eigenvalue weighted by atomic mass is 9.98. The number of ether oxygens (including phenoxy) is 1. The predicted molar refractivity (Wildman–Crippen MR) is 91.9 cm³/mol. The van der Waals surface area contributed by atoms with Crippen molar-refractivity contribution in [3.05, 3.63) is 65.7 Å². The van der Waals surface area contributed by atoms with E-state index in [2.05, 4.69) is 0 Å². The van der Waals surface area contributed by atoms with Gasteiger partial charge in [-0.15, -0.1) is 0 Å². The van der Waals surface area contributed by atoms with Gasteiger partial charge in [-0.1, -0.05) is 42.5 Å². The smallest absolute Gasteiger partial charge is 0.407 e. The molecule has 1 fully saturated rings. The second kappa shape index (κ2) is 7.36. The molecule has 0 spiro atoms. The van der Waals surface area contributed by atoms with Crippen molar-refractivity contribution in [3.63, 3.8) is 0 Å². The highest BCUT2D eigenvalue weighted by Gasteiger charge is 2.33. The molecule has 1 aliphatic rings. The molecule has 1 amide bonds. The maximum Gasteiger partial charge on any atom is 0.407 e. The number of likely N-dealkylation sites (tertiary alicyclic amines) is 1. The molecule has 3 N–H and O–H groups in total. The lowest BCUT2D eigenvalue weighted by molar-refractivity contribution is 0.134. The maximum absolute atomic E-state index is 11.3. The largest absolute Gasteiger partial charge is 0.489 e. The molecule has 0 bridgehead atoms. The summed E-state index contributed by atoms with van der Waals surface area (Å²) in [5.74, 6) is 0.774. The SMILES string of the molecule is NC(c1ccc(OCc2ccccc2)cc1)C1CCCN1C(=O)O. The van der Waals surface area contributed by atoms with Gasteiger partial charge in [0.2, 0.25) is 0 Å². The Balaban J connectivity index is 1.62. The number of hydrogen-bond acceptors (Lipinski definition) is 3. The van der Waals surface area contributed by atoms with Gasteiger partial charge in [-0.25, -0.2) is 4.79 Å². The van der Waals surface area contributed by atoms with Crippen LogP contribution in [0, 0.1) is 0 Å². The van der Waals surface area contributed by atoms with Gasteiger partial charge in [0.15, 0.2) is 0 Å². The van der Waals surface area contributed by atoms with Gasteiger partial charge in [-0.2, -0.15) is 0 Å². The van der Waals surface area contributed by atoms with Crippen LogP contribution in [0.5, 0.6) is 5.75 Å². The van der Waals surface area contributed by atoms with Crippen molar-refractivity contribution < 1.29 is 14.6 Å². The summed E-state index contributed by atoms with van der Waals surface area (Å²) in [6.07, 6.45) is 0.776. The molecule has 2 aromatic carbocycles. The first kappa shape index (κ1) is 16.3. The summed E-state index contributed by atoms with van der Waals surface area (Å²) >= 11 is 0. The summed E-state index contributed by atoms with van der Waals surface area (Å²) in [5, 5.41) is 9.25. The second-order valence-corrected chi connectivity index (χ2v) is 6.05. The molecular formula is C19H22N2O3. The number of nitrogens with zero attached hydrogens (tertiary/aromatic N) is 1. The maximum atomic E-state index is 11.3. The average molecular weight is 326 g/mol. The van der Waals surface area contributed by atoms with Crippen molar-refractivity contribution in [2.45, 2.75) is 31.5 Å².